The first-order valence-electron chi connectivity index (χ1n) is 5.22. The van der Waals surface area contributed by atoms with E-state index in [0.29, 0.717) is 12.1 Å². The van der Waals surface area contributed by atoms with Crippen molar-refractivity contribution in [3.8, 4) is 0 Å². The van der Waals surface area contributed by atoms with E-state index in [0.717, 1.165) is 23.4 Å². The number of anilines is 3. The van der Waals surface area contributed by atoms with E-state index in [1.165, 1.54) is 0 Å². The summed E-state index contributed by atoms with van der Waals surface area (Å²) in [6, 6.07) is 3.79. The van der Waals surface area contributed by atoms with Crippen molar-refractivity contribution in [2.24, 2.45) is 0 Å². The normalized spacial score (nSPS) is 14.6. The molecule has 5 nitrogen and oxygen atoms in total. The van der Waals surface area contributed by atoms with Crippen molar-refractivity contribution in [3.63, 3.8) is 0 Å². The molecule has 0 atom stereocenters. The van der Waals surface area contributed by atoms with Gasteiger partial charge in [-0.3, -0.25) is 4.79 Å². The molecule has 0 spiro atoms. The Morgan fingerprint density at radius 2 is 2.12 bits per heavy atom. The van der Waals surface area contributed by atoms with Gasteiger partial charge < -0.3 is 16.5 Å². The summed E-state index contributed by atoms with van der Waals surface area (Å²) in [4.78, 5) is 11.2. The fraction of sp³-hybridized carbons (Fsp3) is 0.364. The predicted molar refractivity (Wildman–Crippen MR) is 65.1 cm³/mol. The summed E-state index contributed by atoms with van der Waals surface area (Å²) in [5.41, 5.74) is 12.5. The lowest BCUT2D eigenvalue weighted by molar-refractivity contribution is -0.116. The average molecular weight is 220 g/mol. The van der Waals surface area contributed by atoms with E-state index in [4.69, 9.17) is 5.73 Å². The number of rotatable bonds is 2. The molecule has 1 amide bonds. The molecule has 0 bridgehead atoms. The molecular weight excluding hydrogens is 204 g/mol. The predicted octanol–water partition coefficient (Wildman–Crippen LogP) is 1.04. The number of nitrogen functional groups attached to an aromatic ring is 1. The second-order valence-corrected chi connectivity index (χ2v) is 4.15. The minimum Gasteiger partial charge on any atom is -0.397 e. The van der Waals surface area contributed by atoms with Gasteiger partial charge in [-0.15, -0.1) is 0 Å². The SMILES string of the molecule is CN(C)Nc1cc2c(cc1N)NC(=O)CC2. The highest BCUT2D eigenvalue weighted by molar-refractivity contribution is 5.95. The molecule has 5 heteroatoms. The molecule has 0 unspecified atom stereocenters. The van der Waals surface area contributed by atoms with Gasteiger partial charge in [0.2, 0.25) is 5.91 Å². The maximum atomic E-state index is 11.2. The van der Waals surface area contributed by atoms with Crippen LogP contribution in [0.1, 0.15) is 12.0 Å². The summed E-state index contributed by atoms with van der Waals surface area (Å²) in [6.07, 6.45) is 1.31. The second kappa shape index (κ2) is 4.02. The molecule has 0 saturated heterocycles. The van der Waals surface area contributed by atoms with Crippen LogP contribution in [-0.4, -0.2) is 25.0 Å². The number of carbonyl (C=O) groups excluding carboxylic acids is 1. The van der Waals surface area contributed by atoms with E-state index in [1.807, 2.05) is 25.2 Å². The zero-order valence-corrected chi connectivity index (χ0v) is 9.50. The third kappa shape index (κ3) is 2.09. The number of nitrogens with two attached hydrogens (primary N) is 1. The van der Waals surface area contributed by atoms with Gasteiger partial charge in [0.1, 0.15) is 0 Å². The molecule has 1 aromatic rings. The minimum atomic E-state index is 0.0558. The van der Waals surface area contributed by atoms with Gasteiger partial charge in [0.05, 0.1) is 11.4 Å². The highest BCUT2D eigenvalue weighted by atomic mass is 16.1. The molecule has 0 fully saturated rings. The van der Waals surface area contributed by atoms with Crippen LogP contribution < -0.4 is 16.5 Å². The van der Waals surface area contributed by atoms with Crippen LogP contribution in [0.15, 0.2) is 12.1 Å². The van der Waals surface area contributed by atoms with E-state index in [9.17, 15) is 4.79 Å². The number of amides is 1. The summed E-state index contributed by atoms with van der Waals surface area (Å²) in [7, 11) is 3.81. The van der Waals surface area contributed by atoms with Crippen molar-refractivity contribution in [2.45, 2.75) is 12.8 Å². The van der Waals surface area contributed by atoms with Gasteiger partial charge in [0.25, 0.3) is 0 Å². The number of hydrogen-bond donors (Lipinski definition) is 3. The maximum Gasteiger partial charge on any atom is 0.224 e. The van der Waals surface area contributed by atoms with Crippen LogP contribution >= 0.6 is 0 Å². The Bertz CT molecular complexity index is 428. The number of fused-ring (bicyclic) bond motifs is 1. The molecule has 4 N–H and O–H groups in total. The molecule has 16 heavy (non-hydrogen) atoms. The van der Waals surface area contributed by atoms with Crippen LogP contribution in [0.4, 0.5) is 17.1 Å². The van der Waals surface area contributed by atoms with Crippen LogP contribution in [0.5, 0.6) is 0 Å². The molecule has 0 aliphatic carbocycles. The third-order valence-electron chi connectivity index (χ3n) is 2.51. The Balaban J connectivity index is 2.34. The lowest BCUT2D eigenvalue weighted by Crippen LogP contribution is -2.22. The van der Waals surface area contributed by atoms with Gasteiger partial charge in [-0.25, -0.2) is 5.01 Å². The molecule has 0 saturated carbocycles. The number of nitrogens with one attached hydrogen (secondary N) is 2. The number of benzene rings is 1. The van der Waals surface area contributed by atoms with Crippen LogP contribution in [0.3, 0.4) is 0 Å². The quantitative estimate of drug-likeness (QED) is 0.514. The monoisotopic (exact) mass is 220 g/mol. The highest BCUT2D eigenvalue weighted by Gasteiger charge is 2.16. The van der Waals surface area contributed by atoms with E-state index in [1.54, 1.807) is 6.07 Å². The number of nitrogens with zero attached hydrogens (tertiary/aromatic N) is 1. The van der Waals surface area contributed by atoms with Gasteiger partial charge in [0, 0.05) is 26.2 Å². The number of carbonyl (C=O) groups is 1. The second-order valence-electron chi connectivity index (χ2n) is 4.15. The summed E-state index contributed by atoms with van der Waals surface area (Å²) in [5, 5.41) is 4.65. The molecule has 1 heterocycles. The van der Waals surface area contributed by atoms with Gasteiger partial charge >= 0.3 is 0 Å². The lowest BCUT2D eigenvalue weighted by Gasteiger charge is -2.21. The molecule has 1 aliphatic heterocycles. The van der Waals surface area contributed by atoms with Crippen molar-refractivity contribution < 1.29 is 4.79 Å². The van der Waals surface area contributed by atoms with Crippen molar-refractivity contribution in [3.05, 3.63) is 17.7 Å². The molecule has 1 aliphatic rings. The highest BCUT2D eigenvalue weighted by Crippen LogP contribution is 2.30. The van der Waals surface area contributed by atoms with E-state index >= 15 is 0 Å². The zero-order valence-electron chi connectivity index (χ0n) is 9.50. The Hall–Kier alpha value is -1.75. The number of hydrogen-bond acceptors (Lipinski definition) is 4. The average Bonchev–Trinajstić information content (AvgIpc) is 2.19. The van der Waals surface area contributed by atoms with Crippen molar-refractivity contribution in [1.29, 1.82) is 0 Å². The minimum absolute atomic E-state index is 0.0558. The first-order chi connectivity index (χ1) is 7.56. The Morgan fingerprint density at radius 1 is 1.38 bits per heavy atom. The van der Waals surface area contributed by atoms with Crippen molar-refractivity contribution in [2.75, 3.05) is 30.6 Å². The molecule has 1 aromatic carbocycles. The Kier molecular flexibility index (Phi) is 2.70. The first-order valence-corrected chi connectivity index (χ1v) is 5.22. The molecule has 2 rings (SSSR count). The van der Waals surface area contributed by atoms with E-state index in [2.05, 4.69) is 10.7 Å². The summed E-state index contributed by atoms with van der Waals surface area (Å²) >= 11 is 0. The Morgan fingerprint density at radius 3 is 2.81 bits per heavy atom. The number of hydrazine groups is 1. The molecule has 0 aromatic heterocycles. The van der Waals surface area contributed by atoms with Crippen LogP contribution in [0, 0.1) is 0 Å². The first kappa shape index (κ1) is 10.8. The van der Waals surface area contributed by atoms with Gasteiger partial charge in [-0.2, -0.15) is 0 Å². The summed E-state index contributed by atoms with van der Waals surface area (Å²) in [5.74, 6) is 0.0558. The lowest BCUT2D eigenvalue weighted by atomic mass is 10.0. The maximum absolute atomic E-state index is 11.2. The van der Waals surface area contributed by atoms with E-state index in [-0.39, 0.29) is 5.91 Å². The fourth-order valence-corrected chi connectivity index (χ4v) is 1.78. The van der Waals surface area contributed by atoms with Crippen LogP contribution in [0.25, 0.3) is 0 Å². The largest absolute Gasteiger partial charge is 0.397 e. The van der Waals surface area contributed by atoms with Gasteiger partial charge in [-0.05, 0) is 24.1 Å². The van der Waals surface area contributed by atoms with Crippen LogP contribution in [0.2, 0.25) is 0 Å². The molecule has 86 valence electrons. The summed E-state index contributed by atoms with van der Waals surface area (Å²) in [6.45, 7) is 0. The van der Waals surface area contributed by atoms with E-state index < -0.39 is 0 Å². The van der Waals surface area contributed by atoms with Crippen molar-refractivity contribution in [1.82, 2.24) is 5.01 Å². The molecular formula is C11H16N4O. The third-order valence-corrected chi connectivity index (χ3v) is 2.51. The van der Waals surface area contributed by atoms with Crippen LogP contribution in [-0.2, 0) is 11.2 Å². The van der Waals surface area contributed by atoms with Gasteiger partial charge in [0.15, 0.2) is 0 Å². The summed E-state index contributed by atoms with van der Waals surface area (Å²) < 4.78 is 0. The Labute approximate surface area is 94.6 Å². The van der Waals surface area contributed by atoms with Crippen molar-refractivity contribution >= 4 is 23.0 Å². The smallest absolute Gasteiger partial charge is 0.224 e. The number of aryl methyl sites for hydroxylation is 1. The zero-order chi connectivity index (χ0) is 11.7. The van der Waals surface area contributed by atoms with Gasteiger partial charge in [-0.1, -0.05) is 0 Å². The topological polar surface area (TPSA) is 70.4 Å². The molecule has 0 radical (unpaired) electrons. The fourth-order valence-electron chi connectivity index (χ4n) is 1.78. The standard InChI is InChI=1S/C11H16N4O/c1-15(2)14-10-5-7-3-4-11(16)13-9(7)6-8(10)12/h5-6,14H,3-4,12H2,1-2H3,(H,13,16).